The lowest BCUT2D eigenvalue weighted by Gasteiger charge is -2.30. The number of amides is 3. The zero-order chi connectivity index (χ0) is 34.5. The van der Waals surface area contributed by atoms with Gasteiger partial charge in [0.25, 0.3) is 0 Å². The first-order chi connectivity index (χ1) is 22.9. The standard InChI is InChI=1S/C34H49N7O7/c1-5-6-18-47-25-16-14-22(15-17-25)28-37-39-41(38-28)24-19-27-29(42)36-34(31(44)45)20-23(34)12-10-8-7-9-11-13-26(30(43)40(27)21-24)35-32(46)48-33(2,3)4/h14-17,23-24,26-27H,5-13,18-21H2,1-4H3,(H,35,46)(H,36,42)(H,44,45)/t23-,24-,26+,27-,34-/m0/s1. The second kappa shape index (κ2) is 14.9. The Morgan fingerprint density at radius 2 is 1.79 bits per heavy atom. The highest BCUT2D eigenvalue weighted by Gasteiger charge is 2.62. The Balaban J connectivity index is 1.39. The topological polar surface area (TPSA) is 178 Å². The molecule has 1 aromatic carbocycles. The van der Waals surface area contributed by atoms with Crippen molar-refractivity contribution in [3.63, 3.8) is 0 Å². The highest BCUT2D eigenvalue weighted by Crippen LogP contribution is 2.47. The molecular formula is C34H49N7O7. The number of ether oxygens (including phenoxy) is 2. The van der Waals surface area contributed by atoms with Gasteiger partial charge in [-0.15, -0.1) is 10.2 Å². The molecule has 3 aliphatic rings. The lowest BCUT2D eigenvalue weighted by atomic mass is 10.0. The summed E-state index contributed by atoms with van der Waals surface area (Å²) in [5.74, 6) is -1.07. The number of rotatable bonds is 8. The quantitative estimate of drug-likeness (QED) is 0.345. The van der Waals surface area contributed by atoms with E-state index < -0.39 is 53.1 Å². The van der Waals surface area contributed by atoms with E-state index in [2.05, 4.69) is 33.0 Å². The average Bonchev–Trinajstić information content (AvgIpc) is 3.34. The number of tetrazole rings is 1. The van der Waals surface area contributed by atoms with Crippen LogP contribution in [0.25, 0.3) is 11.4 Å². The van der Waals surface area contributed by atoms with Crippen LogP contribution in [-0.4, -0.2) is 90.5 Å². The van der Waals surface area contributed by atoms with Gasteiger partial charge in [-0.2, -0.15) is 4.80 Å². The van der Waals surface area contributed by atoms with Crippen LogP contribution in [0.5, 0.6) is 5.75 Å². The van der Waals surface area contributed by atoms with E-state index in [4.69, 9.17) is 9.47 Å². The molecule has 2 aliphatic heterocycles. The first-order valence-electron chi connectivity index (χ1n) is 17.3. The summed E-state index contributed by atoms with van der Waals surface area (Å²) in [6.45, 7) is 8.05. The molecule has 0 bridgehead atoms. The minimum atomic E-state index is -1.34. The Hall–Kier alpha value is -4.23. The number of carbonyl (C=O) groups is 4. The van der Waals surface area contributed by atoms with Gasteiger partial charge >= 0.3 is 12.1 Å². The average molecular weight is 668 g/mol. The van der Waals surface area contributed by atoms with Gasteiger partial charge in [0.15, 0.2) is 0 Å². The van der Waals surface area contributed by atoms with Gasteiger partial charge in [0.05, 0.1) is 12.6 Å². The highest BCUT2D eigenvalue weighted by atomic mass is 16.6. The first kappa shape index (κ1) is 35.1. The maximum atomic E-state index is 14.2. The number of carboxylic acid groups (broad SMARTS) is 1. The van der Waals surface area contributed by atoms with Crippen molar-refractivity contribution in [1.29, 1.82) is 0 Å². The summed E-state index contributed by atoms with van der Waals surface area (Å²) in [6.07, 6.45) is 7.15. The van der Waals surface area contributed by atoms with Crippen LogP contribution in [0.15, 0.2) is 24.3 Å². The molecule has 3 heterocycles. The molecule has 14 heteroatoms. The maximum absolute atomic E-state index is 14.2. The molecule has 3 amide bonds. The fourth-order valence-electron chi connectivity index (χ4n) is 6.63. The SMILES string of the molecule is CCCCOc1ccc(-c2nnn([C@H]3C[C@H]4C(=O)N[C@@]5(C(=O)O)C[C@@H]5CCCCCCC[C@@H](NC(=O)OC(C)(C)C)C(=O)N4C3)n2)cc1. The predicted octanol–water partition coefficient (Wildman–Crippen LogP) is 4.26. The number of carboxylic acids is 1. The largest absolute Gasteiger partial charge is 0.494 e. The summed E-state index contributed by atoms with van der Waals surface area (Å²) >= 11 is 0. The molecule has 0 unspecified atom stereocenters. The lowest BCUT2D eigenvalue weighted by molar-refractivity contribution is -0.146. The van der Waals surface area contributed by atoms with Crippen LogP contribution in [0.2, 0.25) is 0 Å². The third-order valence-corrected chi connectivity index (χ3v) is 9.37. The van der Waals surface area contributed by atoms with Gasteiger partial charge in [-0.3, -0.25) is 9.59 Å². The Morgan fingerprint density at radius 3 is 2.48 bits per heavy atom. The van der Waals surface area contributed by atoms with E-state index in [9.17, 15) is 24.3 Å². The van der Waals surface area contributed by atoms with Crippen LogP contribution < -0.4 is 15.4 Å². The molecule has 2 aromatic rings. The molecule has 48 heavy (non-hydrogen) atoms. The fourth-order valence-corrected chi connectivity index (χ4v) is 6.63. The van der Waals surface area contributed by atoms with E-state index in [0.29, 0.717) is 38.1 Å². The number of carbonyl (C=O) groups excluding carboxylic acids is 3. The number of aliphatic carboxylic acids is 1. The monoisotopic (exact) mass is 667 g/mol. The number of nitrogens with one attached hydrogen (secondary N) is 2. The summed E-state index contributed by atoms with van der Waals surface area (Å²) in [5.41, 5.74) is -1.38. The second-order valence-corrected chi connectivity index (χ2v) is 14.3. The van der Waals surface area contributed by atoms with Gasteiger partial charge in [0, 0.05) is 18.5 Å². The van der Waals surface area contributed by atoms with Crippen molar-refractivity contribution >= 4 is 23.9 Å². The molecule has 262 valence electrons. The number of unbranched alkanes of at least 4 members (excludes halogenated alkanes) is 1. The summed E-state index contributed by atoms with van der Waals surface area (Å²) in [6, 6.07) is 4.95. The van der Waals surface area contributed by atoms with Crippen molar-refractivity contribution in [1.82, 2.24) is 35.7 Å². The predicted molar refractivity (Wildman–Crippen MR) is 175 cm³/mol. The van der Waals surface area contributed by atoms with Crippen molar-refractivity contribution in [2.24, 2.45) is 5.92 Å². The zero-order valence-corrected chi connectivity index (χ0v) is 28.4. The number of hydrogen-bond acceptors (Lipinski definition) is 9. The van der Waals surface area contributed by atoms with Crippen molar-refractivity contribution < 1.29 is 33.8 Å². The third-order valence-electron chi connectivity index (χ3n) is 9.37. The minimum Gasteiger partial charge on any atom is -0.494 e. The molecule has 14 nitrogen and oxygen atoms in total. The number of hydrogen-bond donors (Lipinski definition) is 3. The number of aromatic nitrogens is 4. The van der Waals surface area contributed by atoms with E-state index in [1.54, 1.807) is 20.8 Å². The molecule has 0 spiro atoms. The molecular weight excluding hydrogens is 618 g/mol. The van der Waals surface area contributed by atoms with Crippen molar-refractivity contribution in [3.05, 3.63) is 24.3 Å². The van der Waals surface area contributed by atoms with Crippen LogP contribution in [-0.2, 0) is 19.1 Å². The van der Waals surface area contributed by atoms with Gasteiger partial charge in [0.2, 0.25) is 17.6 Å². The van der Waals surface area contributed by atoms with Gasteiger partial charge < -0.3 is 30.1 Å². The molecule has 2 saturated heterocycles. The van der Waals surface area contributed by atoms with Crippen LogP contribution >= 0.6 is 0 Å². The zero-order valence-electron chi connectivity index (χ0n) is 28.4. The third kappa shape index (κ3) is 8.43. The number of alkyl carbamates (subject to hydrolysis) is 1. The summed E-state index contributed by atoms with van der Waals surface area (Å²) in [4.78, 5) is 56.2. The lowest BCUT2D eigenvalue weighted by Crippen LogP contribution is -2.56. The molecule has 3 N–H and O–H groups in total. The Morgan fingerprint density at radius 1 is 1.08 bits per heavy atom. The molecule has 1 saturated carbocycles. The molecule has 1 aliphatic carbocycles. The summed E-state index contributed by atoms with van der Waals surface area (Å²) in [5, 5.41) is 28.8. The second-order valence-electron chi connectivity index (χ2n) is 14.3. The summed E-state index contributed by atoms with van der Waals surface area (Å²) < 4.78 is 11.2. The van der Waals surface area contributed by atoms with E-state index in [-0.39, 0.29) is 18.9 Å². The number of benzene rings is 1. The van der Waals surface area contributed by atoms with Crippen molar-refractivity contribution in [2.75, 3.05) is 13.2 Å². The van der Waals surface area contributed by atoms with E-state index in [1.165, 1.54) is 9.70 Å². The number of fused-ring (bicyclic) bond motifs is 2. The van der Waals surface area contributed by atoms with Crippen molar-refractivity contribution in [2.45, 2.75) is 128 Å². The van der Waals surface area contributed by atoms with Gasteiger partial charge in [-0.25, -0.2) is 9.59 Å². The molecule has 1 aromatic heterocycles. The molecule has 5 atom stereocenters. The van der Waals surface area contributed by atoms with Crippen LogP contribution in [0, 0.1) is 5.92 Å². The van der Waals surface area contributed by atoms with Gasteiger partial charge in [0.1, 0.15) is 29.0 Å². The van der Waals surface area contributed by atoms with E-state index in [1.807, 2.05) is 24.3 Å². The van der Waals surface area contributed by atoms with Gasteiger partial charge in [-0.05, 0) is 81.9 Å². The Bertz CT molecular complexity index is 1460. The molecule has 0 radical (unpaired) electrons. The fraction of sp³-hybridized carbons (Fsp3) is 0.676. The Kier molecular flexibility index (Phi) is 10.9. The normalized spacial score (nSPS) is 26.7. The van der Waals surface area contributed by atoms with E-state index in [0.717, 1.165) is 49.8 Å². The minimum absolute atomic E-state index is 0.0763. The van der Waals surface area contributed by atoms with Gasteiger partial charge in [-0.1, -0.05) is 45.4 Å². The first-order valence-corrected chi connectivity index (χ1v) is 17.3. The van der Waals surface area contributed by atoms with Crippen LogP contribution in [0.3, 0.4) is 0 Å². The van der Waals surface area contributed by atoms with Crippen LogP contribution in [0.4, 0.5) is 4.79 Å². The van der Waals surface area contributed by atoms with Crippen molar-refractivity contribution in [3.8, 4) is 17.1 Å². The summed E-state index contributed by atoms with van der Waals surface area (Å²) in [7, 11) is 0. The molecule has 3 fully saturated rings. The molecule has 5 rings (SSSR count). The van der Waals surface area contributed by atoms with Crippen LogP contribution in [0.1, 0.15) is 104 Å². The maximum Gasteiger partial charge on any atom is 0.408 e. The van der Waals surface area contributed by atoms with E-state index >= 15 is 0 Å². The smallest absolute Gasteiger partial charge is 0.408 e. The Labute approximate surface area is 281 Å². The highest BCUT2D eigenvalue weighted by molar-refractivity contribution is 5.95. The number of nitrogens with zero attached hydrogens (tertiary/aromatic N) is 5.